The van der Waals surface area contributed by atoms with E-state index in [1.54, 1.807) is 24.8 Å². The molecule has 1 aromatic heterocycles. The zero-order valence-corrected chi connectivity index (χ0v) is 12.3. The van der Waals surface area contributed by atoms with E-state index in [9.17, 15) is 13.2 Å². The van der Waals surface area contributed by atoms with Crippen molar-refractivity contribution in [2.24, 2.45) is 0 Å². The first-order chi connectivity index (χ1) is 10.0. The number of hydrogen-bond acceptors (Lipinski definition) is 4. The second-order valence-electron chi connectivity index (χ2n) is 4.29. The van der Waals surface area contributed by atoms with Gasteiger partial charge in [-0.05, 0) is 25.2 Å². The highest BCUT2D eigenvalue weighted by Crippen LogP contribution is 2.10. The van der Waals surface area contributed by atoms with Gasteiger partial charge in [-0.2, -0.15) is 0 Å². The number of carbonyl (C=O) groups is 1. The number of carbonyl (C=O) groups excluding carboxylic acids is 1. The average Bonchev–Trinajstić information content (AvgIpc) is 3.00. The van der Waals surface area contributed by atoms with Crippen molar-refractivity contribution >= 4 is 15.9 Å². The van der Waals surface area contributed by atoms with Crippen LogP contribution in [0.2, 0.25) is 0 Å². The molecule has 2 N–H and O–H groups in total. The summed E-state index contributed by atoms with van der Waals surface area (Å²) in [5.41, 5.74) is 0.303. The molecular formula is C13H16N4O3S. The monoisotopic (exact) mass is 308 g/mol. The molecule has 0 fully saturated rings. The lowest BCUT2D eigenvalue weighted by molar-refractivity contribution is 0.0952. The van der Waals surface area contributed by atoms with Gasteiger partial charge in [0.1, 0.15) is 0 Å². The van der Waals surface area contributed by atoms with Gasteiger partial charge in [0.2, 0.25) is 10.0 Å². The highest BCUT2D eigenvalue weighted by Gasteiger charge is 2.13. The van der Waals surface area contributed by atoms with Gasteiger partial charge in [-0.1, -0.05) is 6.07 Å². The van der Waals surface area contributed by atoms with E-state index in [1.807, 2.05) is 4.57 Å². The van der Waals surface area contributed by atoms with Gasteiger partial charge in [-0.15, -0.1) is 0 Å². The van der Waals surface area contributed by atoms with Crippen LogP contribution in [0, 0.1) is 0 Å². The van der Waals surface area contributed by atoms with E-state index in [-0.39, 0.29) is 10.8 Å². The number of nitrogens with one attached hydrogen (secondary N) is 2. The smallest absolute Gasteiger partial charge is 0.251 e. The van der Waals surface area contributed by atoms with Crippen LogP contribution in [0.5, 0.6) is 0 Å². The molecule has 8 heteroatoms. The summed E-state index contributed by atoms with van der Waals surface area (Å²) in [7, 11) is -2.23. The molecule has 7 nitrogen and oxygen atoms in total. The maximum absolute atomic E-state index is 12.0. The number of aromatic nitrogens is 2. The maximum Gasteiger partial charge on any atom is 0.251 e. The summed E-state index contributed by atoms with van der Waals surface area (Å²) in [5.74, 6) is -0.316. The first kappa shape index (κ1) is 15.2. The summed E-state index contributed by atoms with van der Waals surface area (Å²) in [6.45, 7) is 1.03. The van der Waals surface area contributed by atoms with E-state index in [4.69, 9.17) is 0 Å². The largest absolute Gasteiger partial charge is 0.350 e. The number of benzene rings is 1. The Morgan fingerprint density at radius 2 is 2.19 bits per heavy atom. The van der Waals surface area contributed by atoms with Crippen LogP contribution in [0.25, 0.3) is 0 Å². The summed E-state index contributed by atoms with van der Waals surface area (Å²) in [4.78, 5) is 16.0. The van der Waals surface area contributed by atoms with Crippen molar-refractivity contribution in [3.8, 4) is 0 Å². The predicted octanol–water partition coefficient (Wildman–Crippen LogP) is 0.221. The van der Waals surface area contributed by atoms with Crippen molar-refractivity contribution in [1.82, 2.24) is 19.6 Å². The van der Waals surface area contributed by atoms with Crippen LogP contribution in [0.15, 0.2) is 47.9 Å². The Balaban J connectivity index is 2.01. The fourth-order valence-corrected chi connectivity index (χ4v) is 2.52. The summed E-state index contributed by atoms with van der Waals surface area (Å²) in [5, 5.41) is 2.73. The Labute approximate surface area is 123 Å². The summed E-state index contributed by atoms with van der Waals surface area (Å²) in [6.07, 6.45) is 5.12. The van der Waals surface area contributed by atoms with Crippen molar-refractivity contribution < 1.29 is 13.2 Å². The molecule has 0 saturated carbocycles. The van der Waals surface area contributed by atoms with Crippen molar-refractivity contribution in [3.63, 3.8) is 0 Å². The average molecular weight is 308 g/mol. The van der Waals surface area contributed by atoms with E-state index in [1.165, 1.54) is 25.2 Å². The molecule has 0 spiro atoms. The first-order valence-corrected chi connectivity index (χ1v) is 7.79. The molecule has 0 radical (unpaired) electrons. The highest BCUT2D eigenvalue weighted by atomic mass is 32.2. The molecule has 0 aliphatic heterocycles. The topological polar surface area (TPSA) is 93.1 Å². The Morgan fingerprint density at radius 3 is 2.86 bits per heavy atom. The molecule has 112 valence electrons. The minimum absolute atomic E-state index is 0.0623. The summed E-state index contributed by atoms with van der Waals surface area (Å²) in [6, 6.07) is 5.89. The van der Waals surface area contributed by atoms with E-state index >= 15 is 0 Å². The SMILES string of the molecule is CNS(=O)(=O)c1cccc(C(=O)NCCn2ccnc2)c1. The van der Waals surface area contributed by atoms with E-state index < -0.39 is 10.0 Å². The minimum Gasteiger partial charge on any atom is -0.350 e. The van der Waals surface area contributed by atoms with Gasteiger partial charge < -0.3 is 9.88 Å². The van der Waals surface area contributed by atoms with Gasteiger partial charge in [0.15, 0.2) is 0 Å². The van der Waals surface area contributed by atoms with Crippen LogP contribution < -0.4 is 10.0 Å². The van der Waals surface area contributed by atoms with Crippen molar-refractivity contribution in [1.29, 1.82) is 0 Å². The number of hydrogen-bond donors (Lipinski definition) is 2. The first-order valence-electron chi connectivity index (χ1n) is 6.30. The van der Waals surface area contributed by atoms with Crippen molar-refractivity contribution in [3.05, 3.63) is 48.5 Å². The van der Waals surface area contributed by atoms with Crippen LogP contribution in [-0.2, 0) is 16.6 Å². The van der Waals surface area contributed by atoms with Crippen molar-refractivity contribution in [2.45, 2.75) is 11.4 Å². The molecule has 0 unspecified atom stereocenters. The lowest BCUT2D eigenvalue weighted by atomic mass is 10.2. The van der Waals surface area contributed by atoms with Crippen LogP contribution in [0.1, 0.15) is 10.4 Å². The van der Waals surface area contributed by atoms with Crippen molar-refractivity contribution in [2.75, 3.05) is 13.6 Å². The number of rotatable bonds is 6. The van der Waals surface area contributed by atoms with Crippen LogP contribution >= 0.6 is 0 Å². The summed E-state index contributed by atoms with van der Waals surface area (Å²) >= 11 is 0. The second kappa shape index (κ2) is 6.51. The number of nitrogens with zero attached hydrogens (tertiary/aromatic N) is 2. The number of imidazole rings is 1. The zero-order chi connectivity index (χ0) is 15.3. The van der Waals surface area contributed by atoms with Crippen LogP contribution in [0.3, 0.4) is 0 Å². The van der Waals surface area contributed by atoms with Gasteiger partial charge in [0, 0.05) is 31.0 Å². The molecule has 2 aromatic rings. The van der Waals surface area contributed by atoms with E-state index in [2.05, 4.69) is 15.0 Å². The van der Waals surface area contributed by atoms with E-state index in [0.717, 1.165) is 0 Å². The fourth-order valence-electron chi connectivity index (χ4n) is 1.74. The Morgan fingerprint density at radius 1 is 1.38 bits per heavy atom. The Bertz CT molecular complexity index is 711. The molecule has 0 aliphatic rings. The molecular weight excluding hydrogens is 292 g/mol. The quantitative estimate of drug-likeness (QED) is 0.798. The Hall–Kier alpha value is -2.19. The van der Waals surface area contributed by atoms with Gasteiger partial charge in [-0.3, -0.25) is 4.79 Å². The van der Waals surface area contributed by atoms with Gasteiger partial charge in [0.05, 0.1) is 11.2 Å². The normalized spacial score (nSPS) is 11.3. The third kappa shape index (κ3) is 3.89. The van der Waals surface area contributed by atoms with E-state index in [0.29, 0.717) is 18.7 Å². The standard InChI is InChI=1S/C13H16N4O3S/c1-14-21(19,20)12-4-2-3-11(9-12)13(18)16-6-8-17-7-5-15-10-17/h2-5,7,9-10,14H,6,8H2,1H3,(H,16,18). The lowest BCUT2D eigenvalue weighted by Gasteiger charge is -2.07. The number of amides is 1. The van der Waals surface area contributed by atoms with Gasteiger partial charge >= 0.3 is 0 Å². The molecule has 0 aliphatic carbocycles. The minimum atomic E-state index is -3.55. The third-order valence-electron chi connectivity index (χ3n) is 2.89. The zero-order valence-electron chi connectivity index (χ0n) is 11.5. The number of sulfonamides is 1. The molecule has 1 heterocycles. The van der Waals surface area contributed by atoms with Gasteiger partial charge in [0.25, 0.3) is 5.91 Å². The lowest BCUT2D eigenvalue weighted by Crippen LogP contribution is -2.27. The highest BCUT2D eigenvalue weighted by molar-refractivity contribution is 7.89. The molecule has 2 rings (SSSR count). The molecule has 1 amide bonds. The fraction of sp³-hybridized carbons (Fsp3) is 0.231. The Kier molecular flexibility index (Phi) is 4.71. The van der Waals surface area contributed by atoms with Crippen LogP contribution in [-0.4, -0.2) is 37.5 Å². The molecule has 0 bridgehead atoms. The van der Waals surface area contributed by atoms with Gasteiger partial charge in [-0.25, -0.2) is 18.1 Å². The maximum atomic E-state index is 12.0. The van der Waals surface area contributed by atoms with Crippen LogP contribution in [0.4, 0.5) is 0 Å². The molecule has 0 saturated heterocycles. The molecule has 21 heavy (non-hydrogen) atoms. The molecule has 1 aromatic carbocycles. The molecule has 0 atom stereocenters. The third-order valence-corrected chi connectivity index (χ3v) is 4.30. The second-order valence-corrected chi connectivity index (χ2v) is 6.18. The summed E-state index contributed by atoms with van der Waals surface area (Å²) < 4.78 is 27.4. The predicted molar refractivity (Wildman–Crippen MR) is 77.2 cm³/mol.